The summed E-state index contributed by atoms with van der Waals surface area (Å²) in [6.07, 6.45) is 0. The zero-order valence-corrected chi connectivity index (χ0v) is 10.8. The molecule has 0 aromatic heterocycles. The molecule has 80 valence electrons. The predicted molar refractivity (Wildman–Crippen MR) is 68.0 cm³/mol. The van der Waals surface area contributed by atoms with Crippen LogP contribution in [0.25, 0.3) is 0 Å². The zero-order valence-electron chi connectivity index (χ0n) is 9.86. The van der Waals surface area contributed by atoms with Gasteiger partial charge in [-0.2, -0.15) is 5.26 Å². The van der Waals surface area contributed by atoms with E-state index in [2.05, 4.69) is 45.9 Å². The minimum Gasteiger partial charge on any atom is -0.192 e. The Kier molecular flexibility index (Phi) is 4.30. The lowest BCUT2D eigenvalue weighted by Crippen LogP contribution is -2.14. The SMILES string of the molecule is CC(C)P(c1ccc(C#N)cc1)C(C)C. The van der Waals surface area contributed by atoms with E-state index in [1.165, 1.54) is 5.30 Å². The minimum atomic E-state index is -0.101. The number of rotatable bonds is 3. The number of nitriles is 1. The van der Waals surface area contributed by atoms with Crippen molar-refractivity contribution in [3.63, 3.8) is 0 Å². The van der Waals surface area contributed by atoms with E-state index in [1.807, 2.05) is 12.1 Å². The largest absolute Gasteiger partial charge is 0.192 e. The van der Waals surface area contributed by atoms with E-state index >= 15 is 0 Å². The van der Waals surface area contributed by atoms with Gasteiger partial charge in [0.2, 0.25) is 0 Å². The van der Waals surface area contributed by atoms with Crippen molar-refractivity contribution < 1.29 is 0 Å². The molecule has 1 nitrogen and oxygen atoms in total. The molecule has 0 unspecified atom stereocenters. The maximum Gasteiger partial charge on any atom is 0.0991 e. The third-order valence-corrected chi connectivity index (χ3v) is 5.53. The van der Waals surface area contributed by atoms with E-state index in [0.717, 1.165) is 5.56 Å². The molecule has 0 fully saturated rings. The Morgan fingerprint density at radius 3 is 1.80 bits per heavy atom. The second-order valence-corrected chi connectivity index (χ2v) is 7.65. The molecule has 0 aliphatic carbocycles. The molecule has 15 heavy (non-hydrogen) atoms. The molecule has 0 bridgehead atoms. The highest BCUT2D eigenvalue weighted by Gasteiger charge is 2.18. The molecule has 0 atom stereocenters. The van der Waals surface area contributed by atoms with Crippen LogP contribution >= 0.6 is 7.92 Å². The topological polar surface area (TPSA) is 23.8 Å². The third-order valence-electron chi connectivity index (χ3n) is 2.41. The van der Waals surface area contributed by atoms with Crippen molar-refractivity contribution in [2.75, 3.05) is 0 Å². The van der Waals surface area contributed by atoms with E-state index < -0.39 is 0 Å². The van der Waals surface area contributed by atoms with Crippen molar-refractivity contribution in [1.29, 1.82) is 5.26 Å². The Balaban J connectivity index is 2.98. The molecule has 0 spiro atoms. The van der Waals surface area contributed by atoms with Crippen LogP contribution in [-0.4, -0.2) is 11.3 Å². The van der Waals surface area contributed by atoms with Crippen LogP contribution in [0, 0.1) is 11.3 Å². The fourth-order valence-corrected chi connectivity index (χ4v) is 4.78. The van der Waals surface area contributed by atoms with Crippen LogP contribution in [0.4, 0.5) is 0 Å². The normalized spacial score (nSPS) is 11.1. The number of nitrogens with zero attached hydrogens (tertiary/aromatic N) is 1. The zero-order chi connectivity index (χ0) is 11.4. The average Bonchev–Trinajstić information content (AvgIpc) is 2.18. The molecule has 0 amide bonds. The molecule has 0 heterocycles. The maximum atomic E-state index is 8.74. The molecule has 0 radical (unpaired) electrons. The third kappa shape index (κ3) is 3.05. The minimum absolute atomic E-state index is 0.101. The lowest BCUT2D eigenvalue weighted by atomic mass is 10.2. The molecule has 0 saturated carbocycles. The molecule has 0 aliphatic rings. The maximum absolute atomic E-state index is 8.74. The van der Waals surface area contributed by atoms with Gasteiger partial charge in [-0.15, -0.1) is 0 Å². The fraction of sp³-hybridized carbons (Fsp3) is 0.462. The lowest BCUT2D eigenvalue weighted by Gasteiger charge is -2.26. The van der Waals surface area contributed by atoms with Gasteiger partial charge in [0.1, 0.15) is 0 Å². The van der Waals surface area contributed by atoms with Crippen molar-refractivity contribution in [1.82, 2.24) is 0 Å². The van der Waals surface area contributed by atoms with Crippen molar-refractivity contribution in [3.8, 4) is 6.07 Å². The molecule has 0 saturated heterocycles. The predicted octanol–water partition coefficient (Wildman–Crippen LogP) is 3.48. The van der Waals surface area contributed by atoms with Gasteiger partial charge in [-0.3, -0.25) is 0 Å². The van der Waals surface area contributed by atoms with Gasteiger partial charge >= 0.3 is 0 Å². The van der Waals surface area contributed by atoms with Crippen molar-refractivity contribution in [2.24, 2.45) is 0 Å². The van der Waals surface area contributed by atoms with Gasteiger partial charge in [0.05, 0.1) is 11.6 Å². The molecular formula is C13H18NP. The van der Waals surface area contributed by atoms with Crippen LogP contribution in [-0.2, 0) is 0 Å². The van der Waals surface area contributed by atoms with Gasteiger partial charge in [-0.05, 0) is 28.8 Å². The van der Waals surface area contributed by atoms with Gasteiger partial charge in [0.25, 0.3) is 0 Å². The van der Waals surface area contributed by atoms with Crippen molar-refractivity contribution >= 4 is 13.2 Å². The van der Waals surface area contributed by atoms with E-state index in [-0.39, 0.29) is 7.92 Å². The van der Waals surface area contributed by atoms with Gasteiger partial charge in [-0.25, -0.2) is 0 Å². The first-order valence-electron chi connectivity index (χ1n) is 5.34. The summed E-state index contributed by atoms with van der Waals surface area (Å²) in [6, 6.07) is 10.2. The van der Waals surface area contributed by atoms with E-state index in [1.54, 1.807) is 0 Å². The summed E-state index contributed by atoms with van der Waals surface area (Å²) in [5.74, 6) is 0. The van der Waals surface area contributed by atoms with E-state index in [4.69, 9.17) is 5.26 Å². The summed E-state index contributed by atoms with van der Waals surface area (Å²) < 4.78 is 0. The molecule has 0 aliphatic heterocycles. The average molecular weight is 219 g/mol. The van der Waals surface area contributed by atoms with Crippen LogP contribution in [0.5, 0.6) is 0 Å². The number of benzene rings is 1. The molecule has 1 aromatic carbocycles. The second kappa shape index (κ2) is 5.29. The van der Waals surface area contributed by atoms with Gasteiger partial charge < -0.3 is 0 Å². The van der Waals surface area contributed by atoms with Gasteiger partial charge in [0, 0.05) is 0 Å². The fourth-order valence-electron chi connectivity index (χ4n) is 1.90. The highest BCUT2D eigenvalue weighted by molar-refractivity contribution is 7.66. The monoisotopic (exact) mass is 219 g/mol. The highest BCUT2D eigenvalue weighted by Crippen LogP contribution is 2.44. The van der Waals surface area contributed by atoms with Gasteiger partial charge in [0.15, 0.2) is 0 Å². The smallest absolute Gasteiger partial charge is 0.0991 e. The summed E-state index contributed by atoms with van der Waals surface area (Å²) in [6.45, 7) is 9.13. The number of hydrogen-bond donors (Lipinski definition) is 0. The van der Waals surface area contributed by atoms with Crippen LogP contribution in [0.2, 0.25) is 0 Å². The summed E-state index contributed by atoms with van der Waals surface area (Å²) in [5.41, 5.74) is 2.15. The van der Waals surface area contributed by atoms with Gasteiger partial charge in [-0.1, -0.05) is 47.7 Å². The summed E-state index contributed by atoms with van der Waals surface area (Å²) in [5, 5.41) is 10.2. The van der Waals surface area contributed by atoms with Crippen LogP contribution in [0.1, 0.15) is 33.3 Å². The highest BCUT2D eigenvalue weighted by atomic mass is 31.1. The number of hydrogen-bond acceptors (Lipinski definition) is 1. The summed E-state index contributed by atoms with van der Waals surface area (Å²) >= 11 is 0. The Morgan fingerprint density at radius 2 is 1.47 bits per heavy atom. The van der Waals surface area contributed by atoms with Crippen molar-refractivity contribution in [2.45, 2.75) is 39.0 Å². The summed E-state index contributed by atoms with van der Waals surface area (Å²) in [4.78, 5) is 0. The van der Waals surface area contributed by atoms with Crippen LogP contribution in [0.15, 0.2) is 24.3 Å². The lowest BCUT2D eigenvalue weighted by molar-refractivity contribution is 1.02. The summed E-state index contributed by atoms with van der Waals surface area (Å²) in [7, 11) is -0.101. The van der Waals surface area contributed by atoms with E-state index in [0.29, 0.717) is 11.3 Å². The molecule has 1 rings (SSSR count). The Labute approximate surface area is 93.9 Å². The Bertz CT molecular complexity index is 338. The molecular weight excluding hydrogens is 201 g/mol. The Hall–Kier alpha value is -0.860. The first-order chi connectivity index (χ1) is 7.06. The molecule has 2 heteroatoms. The van der Waals surface area contributed by atoms with Crippen molar-refractivity contribution in [3.05, 3.63) is 29.8 Å². The van der Waals surface area contributed by atoms with E-state index in [9.17, 15) is 0 Å². The first-order valence-corrected chi connectivity index (χ1v) is 6.82. The molecule has 0 N–H and O–H groups in total. The van der Waals surface area contributed by atoms with Crippen LogP contribution in [0.3, 0.4) is 0 Å². The quantitative estimate of drug-likeness (QED) is 0.714. The molecule has 1 aromatic rings. The standard InChI is InChI=1S/C13H18NP/c1-10(2)15(11(3)4)13-7-5-12(9-14)6-8-13/h5-8,10-11H,1-4H3. The Morgan fingerprint density at radius 1 is 1.00 bits per heavy atom. The van der Waals surface area contributed by atoms with Crippen LogP contribution < -0.4 is 5.30 Å². The second-order valence-electron chi connectivity index (χ2n) is 4.25. The first kappa shape index (κ1) is 12.2.